The molecule has 0 amide bonds. The van der Waals surface area contributed by atoms with Crippen LogP contribution >= 0.6 is 34.8 Å². The largest absolute Gasteiger partial charge is 0.413 e. The first-order valence-corrected chi connectivity index (χ1v) is 12.4. The Hall–Kier alpha value is -0.843. The highest BCUT2D eigenvalue weighted by molar-refractivity contribution is 6.48. The Bertz CT molecular complexity index is 773. The summed E-state index contributed by atoms with van der Waals surface area (Å²) in [5, 5.41) is 1.23. The molecule has 2 aromatic rings. The summed E-state index contributed by atoms with van der Waals surface area (Å²) in [6.07, 6.45) is -0.135. The molecule has 0 aliphatic carbocycles. The molecule has 0 N–H and O–H groups in total. The number of hydrogen-bond donors (Lipinski definition) is 0. The second-order valence-corrected chi connectivity index (χ2v) is 11.2. The maximum absolute atomic E-state index is 12.8. The van der Waals surface area contributed by atoms with E-state index in [9.17, 15) is 4.79 Å². The molecule has 2 aromatic carbocycles. The van der Waals surface area contributed by atoms with E-state index in [4.69, 9.17) is 39.2 Å². The molecular weight excluding hydrogens is 407 g/mol. The highest BCUT2D eigenvalue weighted by Gasteiger charge is 2.30. The van der Waals surface area contributed by atoms with Crippen LogP contribution in [-0.4, -0.2) is 14.8 Å². The maximum Gasteiger partial charge on any atom is 0.196 e. The topological polar surface area (TPSA) is 26.3 Å². The Morgan fingerprint density at radius 2 is 1.50 bits per heavy atom. The van der Waals surface area contributed by atoms with E-state index in [2.05, 4.69) is 33.9 Å². The molecule has 0 fully saturated rings. The van der Waals surface area contributed by atoms with Crippen molar-refractivity contribution in [2.24, 2.45) is 5.41 Å². The zero-order valence-electron chi connectivity index (χ0n) is 15.6. The summed E-state index contributed by atoms with van der Waals surface area (Å²) in [6, 6.07) is 10.3. The standard InChI is InChI=1S/C20H23Cl3O2Si/c1-20(2,3)19(25-26(4)5)13-10-15(22)17(16(23)11-13)18(24)12-6-8-14(21)9-7-12/h6-11,19,26H,1-5H3. The minimum atomic E-state index is -1.28. The third kappa shape index (κ3) is 5.11. The average Bonchev–Trinajstić information content (AvgIpc) is 2.51. The maximum atomic E-state index is 12.8. The van der Waals surface area contributed by atoms with Gasteiger partial charge in [0.05, 0.1) is 21.7 Å². The lowest BCUT2D eigenvalue weighted by Gasteiger charge is -2.33. The van der Waals surface area contributed by atoms with E-state index in [1.165, 1.54) is 0 Å². The van der Waals surface area contributed by atoms with Crippen molar-refractivity contribution in [2.75, 3.05) is 0 Å². The van der Waals surface area contributed by atoms with Gasteiger partial charge >= 0.3 is 0 Å². The minimum absolute atomic E-state index is 0.119. The number of rotatable bonds is 5. The van der Waals surface area contributed by atoms with E-state index in [1.54, 1.807) is 36.4 Å². The second-order valence-electron chi connectivity index (χ2n) is 7.63. The molecule has 0 aliphatic rings. The number of ketones is 1. The van der Waals surface area contributed by atoms with Crippen molar-refractivity contribution in [3.05, 3.63) is 68.2 Å². The Labute approximate surface area is 172 Å². The zero-order chi connectivity index (χ0) is 19.6. The fourth-order valence-electron chi connectivity index (χ4n) is 2.76. The van der Waals surface area contributed by atoms with Gasteiger partial charge in [-0.15, -0.1) is 0 Å². The normalized spacial score (nSPS) is 13.1. The highest BCUT2D eigenvalue weighted by Crippen LogP contribution is 2.40. The van der Waals surface area contributed by atoms with Crippen LogP contribution in [0.2, 0.25) is 28.2 Å². The number of carbonyl (C=O) groups excluding carboxylic acids is 1. The first-order valence-electron chi connectivity index (χ1n) is 8.45. The van der Waals surface area contributed by atoms with E-state index < -0.39 is 9.04 Å². The van der Waals surface area contributed by atoms with Crippen LogP contribution in [0.15, 0.2) is 36.4 Å². The predicted molar refractivity (Wildman–Crippen MR) is 114 cm³/mol. The van der Waals surface area contributed by atoms with Gasteiger partial charge in [0, 0.05) is 10.6 Å². The molecule has 1 atom stereocenters. The van der Waals surface area contributed by atoms with Crippen LogP contribution in [0.3, 0.4) is 0 Å². The summed E-state index contributed by atoms with van der Waals surface area (Å²) in [4.78, 5) is 12.8. The number of benzene rings is 2. The molecule has 26 heavy (non-hydrogen) atoms. The van der Waals surface area contributed by atoms with Gasteiger partial charge in [0.1, 0.15) is 0 Å². The number of hydrogen-bond acceptors (Lipinski definition) is 2. The van der Waals surface area contributed by atoms with Gasteiger partial charge in [-0.1, -0.05) is 55.6 Å². The molecule has 0 bridgehead atoms. The SMILES string of the molecule is C[SiH](C)OC(c1cc(Cl)c(C(=O)c2ccc(Cl)cc2)c(Cl)c1)C(C)(C)C. The predicted octanol–water partition coefficient (Wildman–Crippen LogP) is 6.97. The minimum Gasteiger partial charge on any atom is -0.413 e. The zero-order valence-corrected chi connectivity index (χ0v) is 19.0. The molecule has 0 spiro atoms. The third-order valence-electron chi connectivity index (χ3n) is 3.90. The quantitative estimate of drug-likeness (QED) is 0.379. The highest BCUT2D eigenvalue weighted by atomic mass is 35.5. The van der Waals surface area contributed by atoms with Gasteiger partial charge in [0.15, 0.2) is 14.8 Å². The van der Waals surface area contributed by atoms with Gasteiger partial charge in [0.25, 0.3) is 0 Å². The molecule has 2 rings (SSSR count). The van der Waals surface area contributed by atoms with Gasteiger partial charge in [-0.05, 0) is 60.5 Å². The van der Waals surface area contributed by atoms with E-state index in [0.29, 0.717) is 26.2 Å². The van der Waals surface area contributed by atoms with Gasteiger partial charge in [-0.3, -0.25) is 4.79 Å². The molecular formula is C20H23Cl3O2Si. The van der Waals surface area contributed by atoms with Crippen molar-refractivity contribution >= 4 is 49.6 Å². The van der Waals surface area contributed by atoms with Crippen LogP contribution in [0, 0.1) is 5.41 Å². The van der Waals surface area contributed by atoms with Crippen LogP contribution in [0.1, 0.15) is 48.4 Å². The second kappa shape index (κ2) is 8.45. The Morgan fingerprint density at radius 1 is 1.00 bits per heavy atom. The molecule has 0 saturated carbocycles. The molecule has 0 aliphatic heterocycles. The van der Waals surface area contributed by atoms with Crippen molar-refractivity contribution in [3.63, 3.8) is 0 Å². The van der Waals surface area contributed by atoms with Crippen molar-refractivity contribution in [3.8, 4) is 0 Å². The van der Waals surface area contributed by atoms with E-state index >= 15 is 0 Å². The third-order valence-corrected chi connectivity index (χ3v) is 5.56. The average molecular weight is 430 g/mol. The monoisotopic (exact) mass is 428 g/mol. The fourth-order valence-corrected chi connectivity index (χ4v) is 4.67. The fraction of sp³-hybridized carbons (Fsp3) is 0.350. The summed E-state index contributed by atoms with van der Waals surface area (Å²) in [5.74, 6) is -0.227. The first kappa shape index (κ1) is 21.5. The van der Waals surface area contributed by atoms with E-state index in [-0.39, 0.29) is 17.3 Å². The summed E-state index contributed by atoms with van der Waals surface area (Å²) in [6.45, 7) is 10.6. The van der Waals surface area contributed by atoms with Crippen LogP contribution < -0.4 is 0 Å². The molecule has 2 nitrogen and oxygen atoms in total. The van der Waals surface area contributed by atoms with Crippen molar-refractivity contribution < 1.29 is 9.22 Å². The van der Waals surface area contributed by atoms with Gasteiger partial charge in [-0.2, -0.15) is 0 Å². The Balaban J connectivity index is 2.47. The summed E-state index contributed by atoms with van der Waals surface area (Å²) >= 11 is 18.8. The van der Waals surface area contributed by atoms with E-state index in [0.717, 1.165) is 5.56 Å². The molecule has 0 radical (unpaired) electrons. The van der Waals surface area contributed by atoms with Gasteiger partial charge in [0.2, 0.25) is 0 Å². The van der Waals surface area contributed by atoms with Crippen molar-refractivity contribution in [1.29, 1.82) is 0 Å². The summed E-state index contributed by atoms with van der Waals surface area (Å²) < 4.78 is 6.23. The molecule has 0 aromatic heterocycles. The Morgan fingerprint density at radius 3 is 1.92 bits per heavy atom. The van der Waals surface area contributed by atoms with Crippen LogP contribution in [0.25, 0.3) is 0 Å². The molecule has 6 heteroatoms. The van der Waals surface area contributed by atoms with Crippen LogP contribution in [0.4, 0.5) is 0 Å². The molecule has 0 saturated heterocycles. The lowest BCUT2D eigenvalue weighted by atomic mass is 9.84. The van der Waals surface area contributed by atoms with Crippen LogP contribution in [0.5, 0.6) is 0 Å². The lowest BCUT2D eigenvalue weighted by molar-refractivity contribution is 0.0865. The molecule has 140 valence electrons. The van der Waals surface area contributed by atoms with Gasteiger partial charge in [-0.25, -0.2) is 0 Å². The summed E-state index contributed by atoms with van der Waals surface area (Å²) in [5.41, 5.74) is 1.56. The van der Waals surface area contributed by atoms with Crippen LogP contribution in [-0.2, 0) is 4.43 Å². The van der Waals surface area contributed by atoms with Crippen molar-refractivity contribution in [1.82, 2.24) is 0 Å². The molecule has 1 unspecified atom stereocenters. The summed E-state index contributed by atoms with van der Waals surface area (Å²) in [7, 11) is -1.28. The van der Waals surface area contributed by atoms with E-state index in [1.807, 2.05) is 0 Å². The Kier molecular flexibility index (Phi) is 6.97. The number of carbonyl (C=O) groups is 1. The number of halogens is 3. The molecule has 0 heterocycles. The van der Waals surface area contributed by atoms with Gasteiger partial charge < -0.3 is 4.43 Å². The van der Waals surface area contributed by atoms with Crippen molar-refractivity contribution in [2.45, 2.75) is 40.0 Å². The first-order chi connectivity index (χ1) is 12.0. The smallest absolute Gasteiger partial charge is 0.196 e. The lowest BCUT2D eigenvalue weighted by Crippen LogP contribution is -2.26.